The highest BCUT2D eigenvalue weighted by Crippen LogP contribution is 2.15. The number of nitrogens with two attached hydrogens (primary N) is 2. The minimum Gasteiger partial charge on any atom is -0.479 e. The number of ether oxygens (including phenoxy) is 1. The van der Waals surface area contributed by atoms with Crippen molar-refractivity contribution in [2.45, 2.75) is 12.5 Å². The molecule has 0 saturated heterocycles. The van der Waals surface area contributed by atoms with Gasteiger partial charge in [-0.2, -0.15) is 5.26 Å². The van der Waals surface area contributed by atoms with E-state index in [0.717, 1.165) is 0 Å². The van der Waals surface area contributed by atoms with E-state index in [1.165, 1.54) is 0 Å². The van der Waals surface area contributed by atoms with E-state index in [4.69, 9.17) is 21.5 Å². The zero-order chi connectivity index (χ0) is 14.3. The molecule has 1 aromatic rings. The Kier molecular flexibility index (Phi) is 5.32. The maximum absolute atomic E-state index is 11.6. The number of carbonyl (C=O) groups excluding carboxylic acids is 2. The smallest absolute Gasteiger partial charge is 0.241 e. The summed E-state index contributed by atoms with van der Waals surface area (Å²) in [6.07, 6.45) is -0.213. The monoisotopic (exact) mass is 262 g/mol. The first-order chi connectivity index (χ1) is 9.02. The van der Waals surface area contributed by atoms with E-state index >= 15 is 0 Å². The second-order valence-electron chi connectivity index (χ2n) is 3.74. The van der Waals surface area contributed by atoms with Crippen molar-refractivity contribution in [3.8, 4) is 11.8 Å². The normalized spacial score (nSPS) is 11.2. The number of hydrogen-bond acceptors (Lipinski definition) is 5. The molecule has 0 aromatic heterocycles. The molecule has 0 aliphatic heterocycles. The van der Waals surface area contributed by atoms with E-state index in [1.807, 2.05) is 6.07 Å². The molecule has 0 fully saturated rings. The third kappa shape index (κ3) is 5.06. The highest BCUT2D eigenvalue weighted by Gasteiger charge is 2.15. The van der Waals surface area contributed by atoms with E-state index in [1.54, 1.807) is 24.3 Å². The van der Waals surface area contributed by atoms with Gasteiger partial charge in [0.1, 0.15) is 11.8 Å². The highest BCUT2D eigenvalue weighted by atomic mass is 16.5. The average Bonchev–Trinajstić information content (AvgIpc) is 2.37. The predicted octanol–water partition coefficient (Wildman–Crippen LogP) is -0.270. The van der Waals surface area contributed by atoms with E-state index < -0.39 is 17.9 Å². The lowest BCUT2D eigenvalue weighted by Crippen LogP contribution is -2.38. The van der Waals surface area contributed by atoms with Crippen molar-refractivity contribution in [1.82, 2.24) is 0 Å². The molecule has 0 bridgehead atoms. The maximum atomic E-state index is 11.6. The molecule has 7 heteroatoms. The van der Waals surface area contributed by atoms with Crippen LogP contribution < -0.4 is 21.5 Å². The molecule has 0 aliphatic carbocycles. The Hall–Kier alpha value is -2.59. The number of primary amides is 1. The third-order valence-corrected chi connectivity index (χ3v) is 2.18. The molecule has 2 amide bonds. The van der Waals surface area contributed by atoms with Crippen molar-refractivity contribution in [2.24, 2.45) is 11.5 Å². The fourth-order valence-corrected chi connectivity index (χ4v) is 1.29. The number of nitrogens with zero attached hydrogens (tertiary/aromatic N) is 1. The number of hydrogen-bond donors (Lipinski definition) is 3. The summed E-state index contributed by atoms with van der Waals surface area (Å²) in [6, 6.07) is 7.27. The summed E-state index contributed by atoms with van der Waals surface area (Å²) in [4.78, 5) is 22.2. The molecule has 19 heavy (non-hydrogen) atoms. The minimum atomic E-state index is -0.980. The van der Waals surface area contributed by atoms with E-state index in [-0.39, 0.29) is 13.0 Å². The number of carbonyl (C=O) groups is 2. The van der Waals surface area contributed by atoms with Gasteiger partial charge in [-0.25, -0.2) is 0 Å². The summed E-state index contributed by atoms with van der Waals surface area (Å²) in [5, 5.41) is 10.9. The predicted molar refractivity (Wildman–Crippen MR) is 68.0 cm³/mol. The fraction of sp³-hybridized carbons (Fsp3) is 0.250. The molecular weight excluding hydrogens is 248 g/mol. The number of anilines is 1. The second kappa shape index (κ2) is 6.98. The molecule has 100 valence electrons. The molecule has 0 saturated carbocycles. The maximum Gasteiger partial charge on any atom is 0.241 e. The minimum absolute atomic E-state index is 0.0464. The number of nitrogens with one attached hydrogen (secondary N) is 1. The van der Waals surface area contributed by atoms with Crippen LogP contribution in [0.4, 0.5) is 5.69 Å². The van der Waals surface area contributed by atoms with Crippen LogP contribution in [0.2, 0.25) is 0 Å². The van der Waals surface area contributed by atoms with Crippen molar-refractivity contribution in [3.63, 3.8) is 0 Å². The van der Waals surface area contributed by atoms with Crippen LogP contribution in [0, 0.1) is 11.3 Å². The van der Waals surface area contributed by atoms with Crippen LogP contribution in [0.5, 0.6) is 5.75 Å². The van der Waals surface area contributed by atoms with E-state index in [9.17, 15) is 9.59 Å². The van der Waals surface area contributed by atoms with Crippen LogP contribution in [-0.4, -0.2) is 24.5 Å². The topological polar surface area (TPSA) is 131 Å². The summed E-state index contributed by atoms with van der Waals surface area (Å²) in [5.74, 6) is -0.617. The van der Waals surface area contributed by atoms with Gasteiger partial charge in [-0.15, -0.1) is 0 Å². The van der Waals surface area contributed by atoms with Crippen LogP contribution in [0.15, 0.2) is 24.3 Å². The largest absolute Gasteiger partial charge is 0.479 e. The number of nitriles is 1. The Labute approximate surface area is 110 Å². The summed E-state index contributed by atoms with van der Waals surface area (Å²) in [7, 11) is 0. The molecular formula is C12H14N4O3. The Morgan fingerprint density at radius 1 is 1.37 bits per heavy atom. The fourth-order valence-electron chi connectivity index (χ4n) is 1.29. The summed E-state index contributed by atoms with van der Waals surface area (Å²) in [5.41, 5.74) is 10.9. The van der Waals surface area contributed by atoms with Gasteiger partial charge in [-0.1, -0.05) is 0 Å². The van der Waals surface area contributed by atoms with Crippen molar-refractivity contribution >= 4 is 17.5 Å². The van der Waals surface area contributed by atoms with Crippen LogP contribution >= 0.6 is 0 Å². The first kappa shape index (κ1) is 14.5. The van der Waals surface area contributed by atoms with Gasteiger partial charge in [0.15, 0.2) is 6.61 Å². The third-order valence-electron chi connectivity index (χ3n) is 2.18. The zero-order valence-electron chi connectivity index (χ0n) is 10.1. The van der Waals surface area contributed by atoms with Gasteiger partial charge in [-0.3, -0.25) is 9.59 Å². The van der Waals surface area contributed by atoms with E-state index in [0.29, 0.717) is 11.4 Å². The van der Waals surface area contributed by atoms with Crippen molar-refractivity contribution in [3.05, 3.63) is 24.3 Å². The standard InChI is InChI=1S/C12H14N4O3/c13-5-6-19-9-3-1-8(2-4-9)16-12(18)10(14)7-11(15)17/h1-4,10H,6-7,14H2,(H2,15,17)(H,16,18). The van der Waals surface area contributed by atoms with Crippen LogP contribution in [0.3, 0.4) is 0 Å². The summed E-state index contributed by atoms with van der Waals surface area (Å²) >= 11 is 0. The van der Waals surface area contributed by atoms with Gasteiger partial charge in [0.2, 0.25) is 11.8 Å². The molecule has 0 heterocycles. The number of benzene rings is 1. The van der Waals surface area contributed by atoms with Crippen molar-refractivity contribution in [2.75, 3.05) is 11.9 Å². The molecule has 1 aromatic carbocycles. The SMILES string of the molecule is N#CCOc1ccc(NC(=O)C(N)CC(N)=O)cc1. The van der Waals surface area contributed by atoms with Crippen LogP contribution in [0.1, 0.15) is 6.42 Å². The molecule has 0 aliphatic rings. The van der Waals surface area contributed by atoms with Crippen molar-refractivity contribution in [1.29, 1.82) is 5.26 Å². The molecule has 0 spiro atoms. The summed E-state index contributed by atoms with van der Waals surface area (Å²) in [6.45, 7) is -0.0464. The van der Waals surface area contributed by atoms with Crippen LogP contribution in [-0.2, 0) is 9.59 Å². The number of rotatable bonds is 6. The van der Waals surface area contributed by atoms with Gasteiger partial charge >= 0.3 is 0 Å². The Balaban J connectivity index is 2.55. The molecule has 0 radical (unpaired) electrons. The van der Waals surface area contributed by atoms with Gasteiger partial charge in [0.05, 0.1) is 12.5 Å². The van der Waals surface area contributed by atoms with E-state index in [2.05, 4.69) is 5.32 Å². The van der Waals surface area contributed by atoms with Crippen molar-refractivity contribution < 1.29 is 14.3 Å². The lowest BCUT2D eigenvalue weighted by atomic mass is 10.2. The average molecular weight is 262 g/mol. The molecule has 1 unspecified atom stereocenters. The molecule has 5 N–H and O–H groups in total. The summed E-state index contributed by atoms with van der Waals surface area (Å²) < 4.78 is 5.06. The number of amides is 2. The second-order valence-corrected chi connectivity index (χ2v) is 3.74. The first-order valence-corrected chi connectivity index (χ1v) is 5.47. The van der Waals surface area contributed by atoms with Crippen LogP contribution in [0.25, 0.3) is 0 Å². The molecule has 7 nitrogen and oxygen atoms in total. The molecule has 1 atom stereocenters. The van der Waals surface area contributed by atoms with Gasteiger partial charge in [0.25, 0.3) is 0 Å². The highest BCUT2D eigenvalue weighted by molar-refractivity contribution is 5.97. The first-order valence-electron chi connectivity index (χ1n) is 5.47. The van der Waals surface area contributed by atoms with Gasteiger partial charge in [0, 0.05) is 5.69 Å². The molecule has 1 rings (SSSR count). The zero-order valence-corrected chi connectivity index (χ0v) is 10.1. The Bertz CT molecular complexity index is 493. The lowest BCUT2D eigenvalue weighted by molar-refractivity contribution is -0.123. The van der Waals surface area contributed by atoms with Gasteiger partial charge in [-0.05, 0) is 24.3 Å². The lowest BCUT2D eigenvalue weighted by Gasteiger charge is -2.11. The Morgan fingerprint density at radius 3 is 2.53 bits per heavy atom. The quantitative estimate of drug-likeness (QED) is 0.649. The van der Waals surface area contributed by atoms with Gasteiger partial charge < -0.3 is 21.5 Å². The Morgan fingerprint density at radius 2 is 2.00 bits per heavy atom.